The summed E-state index contributed by atoms with van der Waals surface area (Å²) in [6.45, 7) is 19.7. The molecule has 0 aliphatic heterocycles. The second-order valence-corrected chi connectivity index (χ2v) is 10.8. The maximum Gasteiger partial charge on any atom is 0.164 e. The van der Waals surface area contributed by atoms with Crippen LogP contribution < -0.4 is 0 Å². The minimum Gasteiger partial charge on any atom is -0.512 e. The zero-order chi connectivity index (χ0) is 25.1. The summed E-state index contributed by atoms with van der Waals surface area (Å²) in [7, 11) is 0. The molecule has 1 aromatic heterocycles. The molecule has 0 atom stereocenters. The molecule has 0 bridgehead atoms. The molecule has 0 fully saturated rings. The van der Waals surface area contributed by atoms with E-state index in [9.17, 15) is 9.90 Å². The molecule has 1 radical (unpaired) electrons. The standard InChI is InChI=1S/C19H18N.C11H20O2.Ir/c1-12-9-10-17(15(4)14(12)3)19-11-13(2)16-7-5-6-8-18(16)20-19;1-10(2,3)8(12)7-9(13)11(4,5)6;/h5-9,11H,1-4H3;7,12H,1-6H3;/q-1;;/b;8-7-;. The molecule has 4 heteroatoms. The largest absolute Gasteiger partial charge is 0.512 e. The normalized spacial score (nSPS) is 12.0. The van der Waals surface area contributed by atoms with E-state index in [0.717, 1.165) is 16.8 Å². The zero-order valence-corrected chi connectivity index (χ0v) is 24.6. The summed E-state index contributed by atoms with van der Waals surface area (Å²) in [5.74, 6) is 0.104. The number of aliphatic hydroxyl groups is 1. The Morgan fingerprint density at radius 3 is 2.06 bits per heavy atom. The molecule has 0 unspecified atom stereocenters. The van der Waals surface area contributed by atoms with Crippen LogP contribution in [0.2, 0.25) is 0 Å². The number of pyridine rings is 1. The molecule has 0 aliphatic rings. The summed E-state index contributed by atoms with van der Waals surface area (Å²) in [6, 6.07) is 15.9. The first-order valence-electron chi connectivity index (χ1n) is 11.4. The van der Waals surface area contributed by atoms with E-state index in [0.29, 0.717) is 0 Å². The van der Waals surface area contributed by atoms with E-state index >= 15 is 0 Å². The van der Waals surface area contributed by atoms with Crippen molar-refractivity contribution in [3.63, 3.8) is 0 Å². The number of rotatable bonds is 2. The average Bonchev–Trinajstić information content (AvgIpc) is 2.71. The summed E-state index contributed by atoms with van der Waals surface area (Å²) in [6.07, 6.45) is 1.33. The fraction of sp³-hybridized carbons (Fsp3) is 0.400. The number of benzene rings is 2. The van der Waals surface area contributed by atoms with Crippen LogP contribution in [0.3, 0.4) is 0 Å². The Hall–Kier alpha value is -2.29. The number of hydrogen-bond acceptors (Lipinski definition) is 3. The first-order chi connectivity index (χ1) is 15.1. The molecule has 1 heterocycles. The van der Waals surface area contributed by atoms with Crippen molar-refractivity contribution >= 4 is 16.7 Å². The first kappa shape index (κ1) is 29.7. The second kappa shape index (κ2) is 11.4. The van der Waals surface area contributed by atoms with E-state index in [1.807, 2.05) is 47.6 Å². The molecule has 3 nitrogen and oxygen atoms in total. The van der Waals surface area contributed by atoms with Gasteiger partial charge < -0.3 is 5.11 Å². The third kappa shape index (κ3) is 7.35. The Morgan fingerprint density at radius 1 is 0.912 bits per heavy atom. The molecule has 0 saturated heterocycles. The van der Waals surface area contributed by atoms with Gasteiger partial charge in [0.2, 0.25) is 0 Å². The van der Waals surface area contributed by atoms with Gasteiger partial charge in [0.25, 0.3) is 0 Å². The zero-order valence-electron chi connectivity index (χ0n) is 22.2. The quantitative estimate of drug-likeness (QED) is 0.176. The number of para-hydroxylation sites is 1. The van der Waals surface area contributed by atoms with Crippen LogP contribution in [0.4, 0.5) is 0 Å². The van der Waals surface area contributed by atoms with E-state index in [1.54, 1.807) is 0 Å². The monoisotopic (exact) mass is 637 g/mol. The van der Waals surface area contributed by atoms with Gasteiger partial charge in [-0.3, -0.25) is 9.78 Å². The first-order valence-corrected chi connectivity index (χ1v) is 11.4. The Morgan fingerprint density at radius 2 is 1.50 bits per heavy atom. The van der Waals surface area contributed by atoms with Gasteiger partial charge in [-0.2, -0.15) is 0 Å². The molecule has 2 aromatic carbocycles. The van der Waals surface area contributed by atoms with Gasteiger partial charge >= 0.3 is 0 Å². The van der Waals surface area contributed by atoms with Gasteiger partial charge in [0.15, 0.2) is 5.78 Å². The topological polar surface area (TPSA) is 50.2 Å². The number of carbonyl (C=O) groups is 1. The third-order valence-corrected chi connectivity index (χ3v) is 5.92. The minimum atomic E-state index is -0.417. The van der Waals surface area contributed by atoms with Gasteiger partial charge in [-0.15, -0.1) is 34.4 Å². The van der Waals surface area contributed by atoms with Crippen LogP contribution in [0.25, 0.3) is 22.2 Å². The molecule has 0 saturated carbocycles. The van der Waals surface area contributed by atoms with E-state index in [2.05, 4.69) is 64.1 Å². The van der Waals surface area contributed by atoms with Crippen molar-refractivity contribution in [2.24, 2.45) is 10.8 Å². The van der Waals surface area contributed by atoms with Gasteiger partial charge in [0.1, 0.15) is 5.76 Å². The number of allylic oxidation sites excluding steroid dienone is 2. The van der Waals surface area contributed by atoms with Crippen LogP contribution in [0, 0.1) is 44.6 Å². The molecule has 0 amide bonds. The maximum atomic E-state index is 11.5. The van der Waals surface area contributed by atoms with Crippen molar-refractivity contribution in [1.82, 2.24) is 4.98 Å². The number of aromatic nitrogens is 1. The Labute approximate surface area is 219 Å². The van der Waals surface area contributed by atoms with Gasteiger partial charge in [-0.1, -0.05) is 86.6 Å². The molecular formula is C30H38IrNO2-. The second-order valence-electron chi connectivity index (χ2n) is 10.8. The fourth-order valence-corrected chi connectivity index (χ4v) is 3.18. The van der Waals surface area contributed by atoms with Gasteiger partial charge in [0.05, 0.1) is 5.52 Å². The Kier molecular flexibility index (Phi) is 9.99. The molecule has 0 spiro atoms. The van der Waals surface area contributed by atoms with Gasteiger partial charge in [0, 0.05) is 42.4 Å². The molecule has 3 rings (SSSR count). The van der Waals surface area contributed by atoms with Crippen LogP contribution in [-0.4, -0.2) is 15.9 Å². The number of nitrogens with zero attached hydrogens (tertiary/aromatic N) is 1. The van der Waals surface area contributed by atoms with Crippen LogP contribution in [0.5, 0.6) is 0 Å². The predicted molar refractivity (Wildman–Crippen MR) is 140 cm³/mol. The molecule has 3 aromatic rings. The van der Waals surface area contributed by atoms with E-state index in [1.165, 1.54) is 33.7 Å². The summed E-state index contributed by atoms with van der Waals surface area (Å²) >= 11 is 0. The number of aryl methyl sites for hydroxylation is 2. The Balaban J connectivity index is 0.000000364. The fourth-order valence-electron chi connectivity index (χ4n) is 3.18. The molecule has 34 heavy (non-hydrogen) atoms. The van der Waals surface area contributed by atoms with Crippen molar-refractivity contribution < 1.29 is 30.0 Å². The molecular weight excluding hydrogens is 599 g/mol. The summed E-state index contributed by atoms with van der Waals surface area (Å²) in [4.78, 5) is 16.3. The third-order valence-electron chi connectivity index (χ3n) is 5.92. The average molecular weight is 637 g/mol. The van der Waals surface area contributed by atoms with E-state index in [-0.39, 0.29) is 37.1 Å². The van der Waals surface area contributed by atoms with Crippen LogP contribution >= 0.6 is 0 Å². The number of hydrogen-bond donors (Lipinski definition) is 1. The van der Waals surface area contributed by atoms with Crippen molar-refractivity contribution in [3.8, 4) is 11.3 Å². The number of aliphatic hydroxyl groups excluding tert-OH is 1. The van der Waals surface area contributed by atoms with Crippen molar-refractivity contribution in [3.05, 3.63) is 76.6 Å². The maximum absolute atomic E-state index is 11.5. The smallest absolute Gasteiger partial charge is 0.164 e. The van der Waals surface area contributed by atoms with E-state index in [4.69, 9.17) is 4.98 Å². The number of ketones is 1. The Bertz CT molecular complexity index is 1190. The summed E-state index contributed by atoms with van der Waals surface area (Å²) in [5.41, 5.74) is 7.55. The van der Waals surface area contributed by atoms with Crippen LogP contribution in [0.15, 0.2) is 48.2 Å². The predicted octanol–water partition coefficient (Wildman–Crippen LogP) is 8.02. The number of fused-ring (bicyclic) bond motifs is 1. The van der Waals surface area contributed by atoms with Gasteiger partial charge in [-0.25, -0.2) is 0 Å². The molecule has 1 N–H and O–H groups in total. The van der Waals surface area contributed by atoms with Crippen molar-refractivity contribution in [2.45, 2.75) is 69.2 Å². The van der Waals surface area contributed by atoms with Crippen LogP contribution in [-0.2, 0) is 24.9 Å². The number of carbonyl (C=O) groups excluding carboxylic acids is 1. The molecule has 0 aliphatic carbocycles. The molecule has 185 valence electrons. The van der Waals surface area contributed by atoms with E-state index < -0.39 is 5.41 Å². The SMILES string of the molecule is CC(C)(C)C(=O)/C=C(\O)C(C)(C)C.Cc1c[c-]c(-c2cc(C)c3ccccc3n2)c(C)c1C.[Ir]. The van der Waals surface area contributed by atoms with Crippen molar-refractivity contribution in [2.75, 3.05) is 0 Å². The van der Waals surface area contributed by atoms with Crippen LogP contribution in [0.1, 0.15) is 63.8 Å². The summed E-state index contributed by atoms with van der Waals surface area (Å²) < 4.78 is 0. The van der Waals surface area contributed by atoms with Crippen molar-refractivity contribution in [1.29, 1.82) is 0 Å². The summed E-state index contributed by atoms with van der Waals surface area (Å²) in [5, 5.41) is 10.8. The minimum absolute atomic E-state index is 0. The van der Waals surface area contributed by atoms with Gasteiger partial charge in [-0.05, 0) is 24.2 Å².